The summed E-state index contributed by atoms with van der Waals surface area (Å²) in [5, 5.41) is 0. The smallest absolute Gasteiger partial charge is 0.0223 e. The van der Waals surface area contributed by atoms with Crippen LogP contribution in [0.1, 0.15) is 78.6 Å². The summed E-state index contributed by atoms with van der Waals surface area (Å²) < 4.78 is 0. The summed E-state index contributed by atoms with van der Waals surface area (Å²) in [4.78, 5) is 0. The van der Waals surface area contributed by atoms with Crippen LogP contribution < -0.4 is 0 Å². The fraction of sp³-hybridized carbons (Fsp3) is 1.00. The third-order valence-corrected chi connectivity index (χ3v) is 2.46. The van der Waals surface area contributed by atoms with Gasteiger partial charge in [-0.15, -0.1) is 11.6 Å². The standard InChI is InChI=1S/C7H16.C6H13Cl/c1-3-5-7-6-4-2;1-2-3-4-5-6-7/h3-7H2,1-2H3;2-6H2,1H3. The van der Waals surface area contributed by atoms with Crippen LogP contribution in [0.5, 0.6) is 0 Å². The lowest BCUT2D eigenvalue weighted by molar-refractivity contribution is 0.656. The van der Waals surface area contributed by atoms with Crippen LogP contribution in [0.2, 0.25) is 0 Å². The van der Waals surface area contributed by atoms with Crippen LogP contribution in [0.15, 0.2) is 0 Å². The molecule has 0 N–H and O–H groups in total. The predicted octanol–water partition coefficient (Wildman–Crippen LogP) is 5.78. The normalized spacial score (nSPS) is 9.43. The SMILES string of the molecule is CCCCCCC.CCCCCCCl. The van der Waals surface area contributed by atoms with E-state index in [1.807, 2.05) is 0 Å². The van der Waals surface area contributed by atoms with Crippen molar-refractivity contribution in [2.75, 3.05) is 5.88 Å². The second-order valence-corrected chi connectivity index (χ2v) is 4.19. The van der Waals surface area contributed by atoms with Gasteiger partial charge in [0.1, 0.15) is 0 Å². The highest BCUT2D eigenvalue weighted by molar-refractivity contribution is 6.17. The Morgan fingerprint density at radius 2 is 0.929 bits per heavy atom. The van der Waals surface area contributed by atoms with Crippen LogP contribution in [0.3, 0.4) is 0 Å². The van der Waals surface area contributed by atoms with Crippen LogP contribution in [0.4, 0.5) is 0 Å². The minimum Gasteiger partial charge on any atom is -0.127 e. The molecular weight excluding hydrogens is 192 g/mol. The van der Waals surface area contributed by atoms with Crippen LogP contribution in [0.25, 0.3) is 0 Å². The fourth-order valence-electron chi connectivity index (χ4n) is 1.20. The summed E-state index contributed by atoms with van der Waals surface area (Å²) in [6, 6.07) is 0. The summed E-state index contributed by atoms with van der Waals surface area (Å²) in [6.07, 6.45) is 12.1. The summed E-state index contributed by atoms with van der Waals surface area (Å²) in [5.41, 5.74) is 0. The summed E-state index contributed by atoms with van der Waals surface area (Å²) in [5.74, 6) is 0.833. The van der Waals surface area contributed by atoms with Crippen molar-refractivity contribution in [1.82, 2.24) is 0 Å². The average molecular weight is 221 g/mol. The van der Waals surface area contributed by atoms with Crippen LogP contribution >= 0.6 is 11.6 Å². The summed E-state index contributed by atoms with van der Waals surface area (Å²) in [6.45, 7) is 6.69. The Morgan fingerprint density at radius 1 is 0.571 bits per heavy atom. The molecule has 88 valence electrons. The second-order valence-electron chi connectivity index (χ2n) is 3.81. The minimum atomic E-state index is 0.833. The van der Waals surface area contributed by atoms with Crippen molar-refractivity contribution in [3.8, 4) is 0 Å². The third kappa shape index (κ3) is 22.8. The zero-order chi connectivity index (χ0) is 11.1. The van der Waals surface area contributed by atoms with E-state index in [-0.39, 0.29) is 0 Å². The van der Waals surface area contributed by atoms with E-state index in [1.165, 1.54) is 57.8 Å². The Bertz CT molecular complexity index is 53.6. The maximum Gasteiger partial charge on any atom is 0.0223 e. The molecule has 0 aromatic heterocycles. The highest BCUT2D eigenvalue weighted by Gasteiger charge is 1.81. The quantitative estimate of drug-likeness (QED) is 0.359. The third-order valence-electron chi connectivity index (χ3n) is 2.19. The van der Waals surface area contributed by atoms with E-state index in [1.54, 1.807) is 0 Å². The number of unbranched alkanes of at least 4 members (excludes halogenated alkanes) is 7. The number of halogens is 1. The van der Waals surface area contributed by atoms with Gasteiger partial charge in [-0.25, -0.2) is 0 Å². The molecule has 1 heteroatoms. The van der Waals surface area contributed by atoms with E-state index in [0.717, 1.165) is 5.88 Å². The molecule has 0 atom stereocenters. The first-order chi connectivity index (χ1) is 6.83. The molecule has 0 aliphatic carbocycles. The van der Waals surface area contributed by atoms with Gasteiger partial charge in [0.25, 0.3) is 0 Å². The fourth-order valence-corrected chi connectivity index (χ4v) is 1.39. The van der Waals surface area contributed by atoms with Gasteiger partial charge in [-0.1, -0.05) is 72.1 Å². The predicted molar refractivity (Wildman–Crippen MR) is 69.3 cm³/mol. The van der Waals surface area contributed by atoms with Gasteiger partial charge in [0.2, 0.25) is 0 Å². The van der Waals surface area contributed by atoms with E-state index in [4.69, 9.17) is 11.6 Å². The number of hydrogen-bond donors (Lipinski definition) is 0. The largest absolute Gasteiger partial charge is 0.127 e. The molecule has 0 rings (SSSR count). The van der Waals surface area contributed by atoms with E-state index >= 15 is 0 Å². The Hall–Kier alpha value is 0.290. The van der Waals surface area contributed by atoms with Crippen molar-refractivity contribution in [2.24, 2.45) is 0 Å². The molecule has 0 heterocycles. The van der Waals surface area contributed by atoms with Crippen LogP contribution in [-0.2, 0) is 0 Å². The molecule has 0 nitrogen and oxygen atoms in total. The lowest BCUT2D eigenvalue weighted by Crippen LogP contribution is -1.74. The highest BCUT2D eigenvalue weighted by atomic mass is 35.5. The van der Waals surface area contributed by atoms with Crippen molar-refractivity contribution >= 4 is 11.6 Å². The van der Waals surface area contributed by atoms with E-state index in [0.29, 0.717) is 0 Å². The Kier molecular flexibility index (Phi) is 22.6. The number of rotatable bonds is 8. The lowest BCUT2D eigenvalue weighted by Gasteiger charge is -1.90. The summed E-state index contributed by atoms with van der Waals surface area (Å²) in [7, 11) is 0. The van der Waals surface area contributed by atoms with Gasteiger partial charge in [-0.3, -0.25) is 0 Å². The Balaban J connectivity index is 0. The molecular formula is C13H29Cl. The van der Waals surface area contributed by atoms with Gasteiger partial charge in [0.05, 0.1) is 0 Å². The van der Waals surface area contributed by atoms with E-state index in [9.17, 15) is 0 Å². The average Bonchev–Trinajstić information content (AvgIpc) is 2.21. The van der Waals surface area contributed by atoms with Crippen LogP contribution in [-0.4, -0.2) is 5.88 Å². The molecule has 0 radical (unpaired) electrons. The van der Waals surface area contributed by atoms with Crippen molar-refractivity contribution < 1.29 is 0 Å². The van der Waals surface area contributed by atoms with Crippen molar-refractivity contribution in [1.29, 1.82) is 0 Å². The number of hydrogen-bond acceptors (Lipinski definition) is 0. The monoisotopic (exact) mass is 220 g/mol. The van der Waals surface area contributed by atoms with E-state index in [2.05, 4.69) is 20.8 Å². The Morgan fingerprint density at radius 3 is 1.21 bits per heavy atom. The van der Waals surface area contributed by atoms with Gasteiger partial charge in [0, 0.05) is 5.88 Å². The molecule has 0 fully saturated rings. The van der Waals surface area contributed by atoms with Gasteiger partial charge in [-0.05, 0) is 6.42 Å². The maximum absolute atomic E-state index is 5.44. The molecule has 0 aromatic rings. The molecule has 0 saturated heterocycles. The minimum absolute atomic E-state index is 0.833. The van der Waals surface area contributed by atoms with Gasteiger partial charge >= 0.3 is 0 Å². The first kappa shape index (κ1) is 16.7. The molecule has 0 aliphatic rings. The molecule has 0 aromatic carbocycles. The van der Waals surface area contributed by atoms with Crippen LogP contribution in [0, 0.1) is 0 Å². The molecule has 0 spiro atoms. The second kappa shape index (κ2) is 19.0. The molecule has 0 saturated carbocycles. The number of alkyl halides is 1. The van der Waals surface area contributed by atoms with Gasteiger partial charge in [-0.2, -0.15) is 0 Å². The first-order valence-electron chi connectivity index (χ1n) is 6.39. The molecule has 0 unspecified atom stereocenters. The molecule has 0 amide bonds. The van der Waals surface area contributed by atoms with Crippen molar-refractivity contribution in [3.63, 3.8) is 0 Å². The first-order valence-corrected chi connectivity index (χ1v) is 6.92. The van der Waals surface area contributed by atoms with Crippen molar-refractivity contribution in [2.45, 2.75) is 78.6 Å². The zero-order valence-corrected chi connectivity index (χ0v) is 11.2. The van der Waals surface area contributed by atoms with Gasteiger partial charge < -0.3 is 0 Å². The molecule has 0 bridgehead atoms. The van der Waals surface area contributed by atoms with E-state index < -0.39 is 0 Å². The van der Waals surface area contributed by atoms with Gasteiger partial charge in [0.15, 0.2) is 0 Å². The Labute approximate surface area is 96.4 Å². The topological polar surface area (TPSA) is 0 Å². The molecule has 0 aliphatic heterocycles. The zero-order valence-electron chi connectivity index (χ0n) is 10.4. The molecule has 14 heavy (non-hydrogen) atoms. The lowest BCUT2D eigenvalue weighted by atomic mass is 10.2. The highest BCUT2D eigenvalue weighted by Crippen LogP contribution is 2.00. The van der Waals surface area contributed by atoms with Crippen molar-refractivity contribution in [3.05, 3.63) is 0 Å². The summed E-state index contributed by atoms with van der Waals surface area (Å²) >= 11 is 5.44. The maximum atomic E-state index is 5.44.